The lowest BCUT2D eigenvalue weighted by Crippen LogP contribution is -1.98. The average molecular weight is 284 g/mol. The maximum absolute atomic E-state index is 10.8. The molecule has 0 aliphatic rings. The number of benzene rings is 2. The first-order chi connectivity index (χ1) is 10.3. The van der Waals surface area contributed by atoms with Gasteiger partial charge in [-0.1, -0.05) is 57.2 Å². The largest absolute Gasteiger partial charge is 0.493 e. The van der Waals surface area contributed by atoms with Crippen LogP contribution in [0.5, 0.6) is 5.75 Å². The highest BCUT2D eigenvalue weighted by Crippen LogP contribution is 2.26. The van der Waals surface area contributed by atoms with Gasteiger partial charge in [-0.15, -0.1) is 0 Å². The van der Waals surface area contributed by atoms with Crippen LogP contribution in [0.25, 0.3) is 10.8 Å². The molecule has 0 saturated heterocycles. The highest BCUT2D eigenvalue weighted by atomic mass is 16.5. The summed E-state index contributed by atoms with van der Waals surface area (Å²) in [4.78, 5) is 10.8. The van der Waals surface area contributed by atoms with Crippen molar-refractivity contribution in [3.8, 4) is 5.75 Å². The van der Waals surface area contributed by atoms with E-state index in [2.05, 4.69) is 6.92 Å². The zero-order valence-electron chi connectivity index (χ0n) is 12.8. The summed E-state index contributed by atoms with van der Waals surface area (Å²) in [6.07, 6.45) is 8.48. The van der Waals surface area contributed by atoms with Gasteiger partial charge >= 0.3 is 0 Å². The van der Waals surface area contributed by atoms with E-state index in [-0.39, 0.29) is 0 Å². The number of rotatable bonds is 9. The summed E-state index contributed by atoms with van der Waals surface area (Å²) in [5, 5.41) is 2.13. The molecule has 0 N–H and O–H groups in total. The third-order valence-electron chi connectivity index (χ3n) is 3.76. The Bertz CT molecular complexity index is 575. The minimum absolute atomic E-state index is 0.704. The molecule has 2 heteroatoms. The second kappa shape index (κ2) is 8.46. The van der Waals surface area contributed by atoms with E-state index in [4.69, 9.17) is 4.74 Å². The van der Waals surface area contributed by atoms with Gasteiger partial charge in [0.15, 0.2) is 0 Å². The molecule has 2 nitrogen and oxygen atoms in total. The van der Waals surface area contributed by atoms with Crippen molar-refractivity contribution in [1.82, 2.24) is 0 Å². The summed E-state index contributed by atoms with van der Waals surface area (Å²) in [6.45, 7) is 3.00. The van der Waals surface area contributed by atoms with E-state index in [1.54, 1.807) is 0 Å². The lowest BCUT2D eigenvalue weighted by molar-refractivity contribution is 0.112. The molecule has 21 heavy (non-hydrogen) atoms. The SMILES string of the molecule is CCCCCCCCOc1cccc2cc(C=O)ccc12. The zero-order chi connectivity index (χ0) is 14.9. The van der Waals surface area contributed by atoms with Crippen molar-refractivity contribution in [2.75, 3.05) is 6.61 Å². The van der Waals surface area contributed by atoms with Crippen molar-refractivity contribution in [2.24, 2.45) is 0 Å². The molecule has 0 amide bonds. The van der Waals surface area contributed by atoms with Crippen LogP contribution in [0.3, 0.4) is 0 Å². The molecule has 0 aliphatic heterocycles. The summed E-state index contributed by atoms with van der Waals surface area (Å²) in [5.41, 5.74) is 0.704. The van der Waals surface area contributed by atoms with Crippen molar-refractivity contribution < 1.29 is 9.53 Å². The molecule has 0 saturated carbocycles. The van der Waals surface area contributed by atoms with Gasteiger partial charge in [-0.2, -0.15) is 0 Å². The fourth-order valence-electron chi connectivity index (χ4n) is 2.54. The predicted octanol–water partition coefficient (Wildman–Crippen LogP) is 5.39. The molecule has 2 rings (SSSR count). The van der Waals surface area contributed by atoms with Gasteiger partial charge in [0.05, 0.1) is 6.61 Å². The molecule has 0 bridgehead atoms. The number of unbranched alkanes of at least 4 members (excludes halogenated alkanes) is 5. The quantitative estimate of drug-likeness (QED) is 0.455. The molecule has 0 spiro atoms. The Kier molecular flexibility index (Phi) is 6.26. The van der Waals surface area contributed by atoms with Crippen LogP contribution < -0.4 is 4.74 Å². The van der Waals surface area contributed by atoms with Gasteiger partial charge in [0, 0.05) is 10.9 Å². The standard InChI is InChI=1S/C19H24O2/c1-2-3-4-5-6-7-13-21-19-10-8-9-17-14-16(15-20)11-12-18(17)19/h8-12,14-15H,2-7,13H2,1H3. The van der Waals surface area contributed by atoms with Crippen LogP contribution in [0.1, 0.15) is 55.8 Å². The van der Waals surface area contributed by atoms with Gasteiger partial charge in [0.2, 0.25) is 0 Å². The van der Waals surface area contributed by atoms with Gasteiger partial charge in [0.1, 0.15) is 12.0 Å². The molecule has 0 aromatic heterocycles. The van der Waals surface area contributed by atoms with E-state index >= 15 is 0 Å². The number of fused-ring (bicyclic) bond motifs is 1. The predicted molar refractivity (Wildman–Crippen MR) is 88.2 cm³/mol. The van der Waals surface area contributed by atoms with E-state index in [1.165, 1.54) is 32.1 Å². The third-order valence-corrected chi connectivity index (χ3v) is 3.76. The molecular formula is C19H24O2. The van der Waals surface area contributed by atoms with Gasteiger partial charge in [-0.25, -0.2) is 0 Å². The first-order valence-electron chi connectivity index (χ1n) is 7.96. The summed E-state index contributed by atoms with van der Waals surface area (Å²) in [6, 6.07) is 11.7. The van der Waals surface area contributed by atoms with Crippen molar-refractivity contribution in [2.45, 2.75) is 45.4 Å². The Hall–Kier alpha value is -1.83. The lowest BCUT2D eigenvalue weighted by Gasteiger charge is -2.09. The Morgan fingerprint density at radius 2 is 1.81 bits per heavy atom. The number of carbonyl (C=O) groups excluding carboxylic acids is 1. The Balaban J connectivity index is 1.88. The van der Waals surface area contributed by atoms with Crippen LogP contribution in [0.2, 0.25) is 0 Å². The third kappa shape index (κ3) is 4.59. The zero-order valence-corrected chi connectivity index (χ0v) is 12.8. The molecule has 112 valence electrons. The summed E-state index contributed by atoms with van der Waals surface area (Å²) in [7, 11) is 0. The molecular weight excluding hydrogens is 260 g/mol. The average Bonchev–Trinajstić information content (AvgIpc) is 2.53. The number of hydrogen-bond acceptors (Lipinski definition) is 2. The van der Waals surface area contributed by atoms with E-state index in [0.717, 1.165) is 35.8 Å². The van der Waals surface area contributed by atoms with Crippen molar-refractivity contribution >= 4 is 17.1 Å². The summed E-state index contributed by atoms with van der Waals surface area (Å²) < 4.78 is 5.91. The maximum Gasteiger partial charge on any atom is 0.150 e. The molecule has 0 aliphatic carbocycles. The highest BCUT2D eigenvalue weighted by Gasteiger charge is 2.02. The maximum atomic E-state index is 10.8. The minimum Gasteiger partial charge on any atom is -0.493 e. The number of aldehydes is 1. The Morgan fingerprint density at radius 1 is 1.00 bits per heavy atom. The molecule has 2 aromatic rings. The molecule has 0 atom stereocenters. The van der Waals surface area contributed by atoms with E-state index in [9.17, 15) is 4.79 Å². The first kappa shape index (κ1) is 15.6. The van der Waals surface area contributed by atoms with Crippen LogP contribution in [0, 0.1) is 0 Å². The Labute approximate surface area is 127 Å². The second-order valence-electron chi connectivity index (χ2n) is 5.47. The van der Waals surface area contributed by atoms with Gasteiger partial charge in [-0.05, 0) is 30.0 Å². The van der Waals surface area contributed by atoms with Gasteiger partial charge < -0.3 is 4.74 Å². The normalized spacial score (nSPS) is 10.7. The summed E-state index contributed by atoms with van der Waals surface area (Å²) >= 11 is 0. The Morgan fingerprint density at radius 3 is 2.62 bits per heavy atom. The van der Waals surface area contributed by atoms with Crippen LogP contribution >= 0.6 is 0 Å². The van der Waals surface area contributed by atoms with Crippen LogP contribution in [0.4, 0.5) is 0 Å². The van der Waals surface area contributed by atoms with Crippen LogP contribution in [-0.4, -0.2) is 12.9 Å². The second-order valence-corrected chi connectivity index (χ2v) is 5.47. The minimum atomic E-state index is 0.704. The smallest absolute Gasteiger partial charge is 0.150 e. The molecule has 0 heterocycles. The first-order valence-corrected chi connectivity index (χ1v) is 7.96. The number of carbonyl (C=O) groups is 1. The highest BCUT2D eigenvalue weighted by molar-refractivity contribution is 5.92. The fourth-order valence-corrected chi connectivity index (χ4v) is 2.54. The number of hydrogen-bond donors (Lipinski definition) is 0. The van der Waals surface area contributed by atoms with Crippen LogP contribution in [0.15, 0.2) is 36.4 Å². The van der Waals surface area contributed by atoms with E-state index in [1.807, 2.05) is 36.4 Å². The molecule has 2 aromatic carbocycles. The van der Waals surface area contributed by atoms with Gasteiger partial charge in [0.25, 0.3) is 0 Å². The fraction of sp³-hybridized carbons (Fsp3) is 0.421. The van der Waals surface area contributed by atoms with Crippen molar-refractivity contribution in [1.29, 1.82) is 0 Å². The van der Waals surface area contributed by atoms with E-state index in [0.29, 0.717) is 5.56 Å². The van der Waals surface area contributed by atoms with Gasteiger partial charge in [-0.3, -0.25) is 4.79 Å². The van der Waals surface area contributed by atoms with E-state index < -0.39 is 0 Å². The van der Waals surface area contributed by atoms with Crippen molar-refractivity contribution in [3.63, 3.8) is 0 Å². The van der Waals surface area contributed by atoms with Crippen molar-refractivity contribution in [3.05, 3.63) is 42.0 Å². The molecule has 0 fully saturated rings. The molecule has 0 radical (unpaired) electrons. The molecule has 0 unspecified atom stereocenters. The topological polar surface area (TPSA) is 26.3 Å². The number of ether oxygens (including phenoxy) is 1. The summed E-state index contributed by atoms with van der Waals surface area (Å²) in [5.74, 6) is 0.915. The van der Waals surface area contributed by atoms with Crippen LogP contribution in [-0.2, 0) is 0 Å². The monoisotopic (exact) mass is 284 g/mol. The lowest BCUT2D eigenvalue weighted by atomic mass is 10.1.